The Labute approximate surface area is 97.1 Å². The zero-order valence-electron chi connectivity index (χ0n) is 10.2. The average molecular weight is 226 g/mol. The van der Waals surface area contributed by atoms with Crippen LogP contribution in [0.15, 0.2) is 5.38 Å². The van der Waals surface area contributed by atoms with E-state index in [0.29, 0.717) is 12.0 Å². The van der Waals surface area contributed by atoms with E-state index in [0.717, 1.165) is 13.0 Å². The molecule has 0 aliphatic rings. The van der Waals surface area contributed by atoms with Gasteiger partial charge >= 0.3 is 0 Å². The van der Waals surface area contributed by atoms with E-state index < -0.39 is 0 Å². The highest BCUT2D eigenvalue weighted by atomic mass is 32.1. The SMILES string of the molecule is CCNC(CCc1csc(C)n1)C(C)C. The van der Waals surface area contributed by atoms with Gasteiger partial charge in [-0.3, -0.25) is 0 Å². The molecule has 0 amide bonds. The number of rotatable bonds is 6. The molecule has 1 atom stereocenters. The third-order valence-corrected chi connectivity index (χ3v) is 3.47. The summed E-state index contributed by atoms with van der Waals surface area (Å²) in [5.74, 6) is 0.699. The highest BCUT2D eigenvalue weighted by molar-refractivity contribution is 7.09. The van der Waals surface area contributed by atoms with E-state index in [-0.39, 0.29) is 0 Å². The summed E-state index contributed by atoms with van der Waals surface area (Å²) in [6.07, 6.45) is 2.29. The van der Waals surface area contributed by atoms with E-state index in [2.05, 4.69) is 43.4 Å². The van der Waals surface area contributed by atoms with E-state index in [4.69, 9.17) is 0 Å². The standard InChI is InChI=1S/C12H22N2S/c1-5-13-12(9(2)3)7-6-11-8-15-10(4)14-11/h8-9,12-13H,5-7H2,1-4H3. The van der Waals surface area contributed by atoms with Crippen molar-refractivity contribution in [2.45, 2.75) is 46.6 Å². The molecule has 0 saturated heterocycles. The van der Waals surface area contributed by atoms with Gasteiger partial charge in [0.05, 0.1) is 10.7 Å². The largest absolute Gasteiger partial charge is 0.314 e. The molecule has 15 heavy (non-hydrogen) atoms. The number of thiazole rings is 1. The summed E-state index contributed by atoms with van der Waals surface area (Å²) in [4.78, 5) is 4.49. The van der Waals surface area contributed by atoms with Gasteiger partial charge in [0, 0.05) is 11.4 Å². The normalized spacial score (nSPS) is 13.4. The lowest BCUT2D eigenvalue weighted by Crippen LogP contribution is -2.34. The Morgan fingerprint density at radius 3 is 2.67 bits per heavy atom. The zero-order chi connectivity index (χ0) is 11.3. The van der Waals surface area contributed by atoms with E-state index >= 15 is 0 Å². The van der Waals surface area contributed by atoms with Gasteiger partial charge in [-0.15, -0.1) is 11.3 Å². The lowest BCUT2D eigenvalue weighted by atomic mass is 9.98. The highest BCUT2D eigenvalue weighted by Crippen LogP contribution is 2.13. The summed E-state index contributed by atoms with van der Waals surface area (Å²) < 4.78 is 0. The highest BCUT2D eigenvalue weighted by Gasteiger charge is 2.12. The first-order valence-corrected chi connectivity index (χ1v) is 6.65. The van der Waals surface area contributed by atoms with E-state index in [1.165, 1.54) is 17.1 Å². The van der Waals surface area contributed by atoms with Gasteiger partial charge in [-0.2, -0.15) is 0 Å². The van der Waals surface area contributed by atoms with Crippen LogP contribution in [-0.2, 0) is 6.42 Å². The van der Waals surface area contributed by atoms with Gasteiger partial charge in [-0.1, -0.05) is 20.8 Å². The second-order valence-corrected chi connectivity index (χ2v) is 5.37. The molecule has 1 aromatic rings. The fraction of sp³-hybridized carbons (Fsp3) is 0.750. The molecule has 0 bridgehead atoms. The molecule has 0 saturated carbocycles. The number of nitrogens with one attached hydrogen (secondary N) is 1. The van der Waals surface area contributed by atoms with Crippen LogP contribution >= 0.6 is 11.3 Å². The van der Waals surface area contributed by atoms with Crippen LogP contribution in [0.3, 0.4) is 0 Å². The van der Waals surface area contributed by atoms with Crippen LogP contribution in [0.2, 0.25) is 0 Å². The number of hydrogen-bond donors (Lipinski definition) is 1. The molecule has 0 fully saturated rings. The van der Waals surface area contributed by atoms with Crippen molar-refractivity contribution in [1.82, 2.24) is 10.3 Å². The Morgan fingerprint density at radius 2 is 2.20 bits per heavy atom. The number of aryl methyl sites for hydroxylation is 2. The smallest absolute Gasteiger partial charge is 0.0897 e. The van der Waals surface area contributed by atoms with Crippen molar-refractivity contribution in [1.29, 1.82) is 0 Å². The maximum atomic E-state index is 4.49. The quantitative estimate of drug-likeness (QED) is 0.806. The fourth-order valence-corrected chi connectivity index (χ4v) is 2.41. The predicted octanol–water partition coefficient (Wildman–Crippen LogP) is 3.02. The van der Waals surface area contributed by atoms with Crippen molar-refractivity contribution in [2.24, 2.45) is 5.92 Å². The van der Waals surface area contributed by atoms with Gasteiger partial charge in [0.1, 0.15) is 0 Å². The minimum atomic E-state index is 0.622. The van der Waals surface area contributed by atoms with Gasteiger partial charge in [0.2, 0.25) is 0 Å². The van der Waals surface area contributed by atoms with Gasteiger partial charge in [0.25, 0.3) is 0 Å². The Balaban J connectivity index is 2.39. The molecule has 0 spiro atoms. The van der Waals surface area contributed by atoms with Crippen molar-refractivity contribution in [3.05, 3.63) is 16.1 Å². The molecule has 0 aliphatic heterocycles. The van der Waals surface area contributed by atoms with E-state index in [1.54, 1.807) is 11.3 Å². The molecule has 0 radical (unpaired) electrons. The summed E-state index contributed by atoms with van der Waals surface area (Å²) in [6.45, 7) is 9.85. The maximum Gasteiger partial charge on any atom is 0.0897 e. The van der Waals surface area contributed by atoms with Gasteiger partial charge in [-0.25, -0.2) is 4.98 Å². The average Bonchev–Trinajstić information content (AvgIpc) is 2.58. The summed E-state index contributed by atoms with van der Waals surface area (Å²) in [6, 6.07) is 0.622. The monoisotopic (exact) mass is 226 g/mol. The lowest BCUT2D eigenvalue weighted by Gasteiger charge is -2.21. The van der Waals surface area contributed by atoms with Crippen molar-refractivity contribution >= 4 is 11.3 Å². The molecule has 0 aromatic carbocycles. The Bertz CT molecular complexity index is 281. The topological polar surface area (TPSA) is 24.9 Å². The van der Waals surface area contributed by atoms with Crippen molar-refractivity contribution in [3.63, 3.8) is 0 Å². The summed E-state index contributed by atoms with van der Waals surface area (Å²) >= 11 is 1.75. The van der Waals surface area contributed by atoms with Gasteiger partial charge in [-0.05, 0) is 32.2 Å². The Hall–Kier alpha value is -0.410. The number of hydrogen-bond acceptors (Lipinski definition) is 3. The summed E-state index contributed by atoms with van der Waals surface area (Å²) in [5, 5.41) is 6.89. The van der Waals surface area contributed by atoms with Crippen LogP contribution in [0, 0.1) is 12.8 Å². The fourth-order valence-electron chi connectivity index (χ4n) is 1.76. The Kier molecular flexibility index (Phi) is 5.26. The third kappa shape index (κ3) is 4.31. The molecule has 2 nitrogen and oxygen atoms in total. The molecule has 0 aliphatic carbocycles. The molecule has 1 rings (SSSR count). The van der Waals surface area contributed by atoms with Crippen LogP contribution < -0.4 is 5.32 Å². The second-order valence-electron chi connectivity index (χ2n) is 4.30. The Morgan fingerprint density at radius 1 is 1.47 bits per heavy atom. The van der Waals surface area contributed by atoms with Crippen molar-refractivity contribution < 1.29 is 0 Å². The molecular weight excluding hydrogens is 204 g/mol. The van der Waals surface area contributed by atoms with Gasteiger partial charge in [0.15, 0.2) is 0 Å². The van der Waals surface area contributed by atoms with Crippen molar-refractivity contribution in [2.75, 3.05) is 6.54 Å². The molecular formula is C12H22N2S. The molecule has 86 valence electrons. The van der Waals surface area contributed by atoms with Crippen LogP contribution in [0.1, 0.15) is 37.9 Å². The van der Waals surface area contributed by atoms with Crippen LogP contribution in [0.5, 0.6) is 0 Å². The second kappa shape index (κ2) is 6.23. The first-order valence-electron chi connectivity index (χ1n) is 5.77. The summed E-state index contributed by atoms with van der Waals surface area (Å²) in [5.41, 5.74) is 1.25. The predicted molar refractivity (Wildman–Crippen MR) is 67.5 cm³/mol. The van der Waals surface area contributed by atoms with E-state index in [9.17, 15) is 0 Å². The van der Waals surface area contributed by atoms with Crippen LogP contribution in [0.25, 0.3) is 0 Å². The first kappa shape index (κ1) is 12.7. The van der Waals surface area contributed by atoms with Crippen LogP contribution in [-0.4, -0.2) is 17.6 Å². The minimum absolute atomic E-state index is 0.622. The molecule has 1 heterocycles. The first-order chi connectivity index (χ1) is 7.13. The third-order valence-electron chi connectivity index (χ3n) is 2.65. The summed E-state index contributed by atoms with van der Waals surface area (Å²) in [7, 11) is 0. The number of aromatic nitrogens is 1. The van der Waals surface area contributed by atoms with E-state index in [1.807, 2.05) is 0 Å². The maximum absolute atomic E-state index is 4.49. The van der Waals surface area contributed by atoms with Crippen LogP contribution in [0.4, 0.5) is 0 Å². The lowest BCUT2D eigenvalue weighted by molar-refractivity contribution is 0.384. The van der Waals surface area contributed by atoms with Gasteiger partial charge < -0.3 is 5.32 Å². The number of nitrogens with zero attached hydrogens (tertiary/aromatic N) is 1. The molecule has 1 unspecified atom stereocenters. The molecule has 1 aromatic heterocycles. The van der Waals surface area contributed by atoms with Crippen molar-refractivity contribution in [3.8, 4) is 0 Å². The minimum Gasteiger partial charge on any atom is -0.314 e. The molecule has 3 heteroatoms. The zero-order valence-corrected chi connectivity index (χ0v) is 11.0. The molecule has 1 N–H and O–H groups in total.